The number of carboxylic acids is 1. The molecule has 6 nitrogen and oxygen atoms in total. The lowest BCUT2D eigenvalue weighted by Crippen LogP contribution is -2.51. The molecule has 1 heterocycles. The lowest BCUT2D eigenvalue weighted by Gasteiger charge is -2.38. The first-order chi connectivity index (χ1) is 13.4. The monoisotopic (exact) mass is 382 g/mol. The first-order valence-electron chi connectivity index (χ1n) is 9.37. The van der Waals surface area contributed by atoms with Crippen LogP contribution in [0.4, 0.5) is 0 Å². The van der Waals surface area contributed by atoms with Crippen molar-refractivity contribution in [3.8, 4) is 5.75 Å². The second kappa shape index (κ2) is 8.44. The number of amides is 1. The Kier molecular flexibility index (Phi) is 5.99. The molecule has 1 aliphatic rings. The largest absolute Gasteiger partial charge is 0.497 e. The zero-order valence-corrected chi connectivity index (χ0v) is 16.5. The van der Waals surface area contributed by atoms with Crippen LogP contribution in [0.2, 0.25) is 0 Å². The van der Waals surface area contributed by atoms with E-state index in [0.29, 0.717) is 37.5 Å². The van der Waals surface area contributed by atoms with Crippen LogP contribution in [-0.4, -0.2) is 60.1 Å². The van der Waals surface area contributed by atoms with Gasteiger partial charge in [-0.15, -0.1) is 0 Å². The fourth-order valence-electron chi connectivity index (χ4n) is 3.80. The number of nitrogens with zero attached hydrogens (tertiary/aromatic N) is 2. The lowest BCUT2D eigenvalue weighted by molar-refractivity contribution is -0.144. The summed E-state index contributed by atoms with van der Waals surface area (Å²) in [7, 11) is 1.57. The molecule has 0 saturated carbocycles. The van der Waals surface area contributed by atoms with E-state index in [-0.39, 0.29) is 5.91 Å². The van der Waals surface area contributed by atoms with Crippen LogP contribution in [0.1, 0.15) is 33.1 Å². The maximum atomic E-state index is 12.8. The minimum Gasteiger partial charge on any atom is -0.497 e. The molecule has 1 amide bonds. The third kappa shape index (κ3) is 4.34. The van der Waals surface area contributed by atoms with E-state index in [2.05, 4.69) is 0 Å². The van der Waals surface area contributed by atoms with Gasteiger partial charge in [0.1, 0.15) is 11.8 Å². The molecule has 0 radical (unpaired) electrons. The average Bonchev–Trinajstić information content (AvgIpc) is 2.67. The van der Waals surface area contributed by atoms with E-state index in [9.17, 15) is 14.7 Å². The number of ether oxygens (including phenoxy) is 1. The number of hydrogen-bond acceptors (Lipinski definition) is 4. The summed E-state index contributed by atoms with van der Waals surface area (Å²) in [6, 6.07) is 12.3. The fraction of sp³-hybridized carbons (Fsp3) is 0.364. The number of rotatable bonds is 5. The Bertz CT molecular complexity index is 852. The SMILES string of the molecule is COc1cccc(C(=O)N2CCN([C@H](C(=O)O)c3cc(C)cc(C)c3)CC2)c1. The van der Waals surface area contributed by atoms with Crippen molar-refractivity contribution in [3.05, 3.63) is 64.7 Å². The second-order valence-corrected chi connectivity index (χ2v) is 7.22. The summed E-state index contributed by atoms with van der Waals surface area (Å²) < 4.78 is 5.19. The highest BCUT2D eigenvalue weighted by molar-refractivity contribution is 5.94. The van der Waals surface area contributed by atoms with Gasteiger partial charge < -0.3 is 14.7 Å². The molecular formula is C22H26N2O4. The van der Waals surface area contributed by atoms with E-state index in [1.165, 1.54) is 0 Å². The summed E-state index contributed by atoms with van der Waals surface area (Å²) in [4.78, 5) is 28.5. The molecule has 1 N–H and O–H groups in total. The number of piperazine rings is 1. The Hall–Kier alpha value is -2.86. The molecule has 28 heavy (non-hydrogen) atoms. The van der Waals surface area contributed by atoms with Gasteiger partial charge in [-0.05, 0) is 37.6 Å². The number of benzene rings is 2. The van der Waals surface area contributed by atoms with Gasteiger partial charge in [-0.1, -0.05) is 35.4 Å². The summed E-state index contributed by atoms with van der Waals surface area (Å²) in [5, 5.41) is 9.84. The first kappa shape index (κ1) is 19.9. The van der Waals surface area contributed by atoms with Crippen molar-refractivity contribution >= 4 is 11.9 Å². The summed E-state index contributed by atoms with van der Waals surface area (Å²) in [5.41, 5.74) is 3.47. The first-order valence-corrected chi connectivity index (χ1v) is 9.37. The Morgan fingerprint density at radius 1 is 1.00 bits per heavy atom. The molecule has 0 unspecified atom stereocenters. The molecule has 1 saturated heterocycles. The van der Waals surface area contributed by atoms with Crippen molar-refractivity contribution in [2.45, 2.75) is 19.9 Å². The van der Waals surface area contributed by atoms with Gasteiger partial charge in [-0.2, -0.15) is 0 Å². The number of carbonyl (C=O) groups is 2. The maximum Gasteiger partial charge on any atom is 0.325 e. The summed E-state index contributed by atoms with van der Waals surface area (Å²) >= 11 is 0. The van der Waals surface area contributed by atoms with Crippen LogP contribution in [0, 0.1) is 13.8 Å². The fourth-order valence-corrected chi connectivity index (χ4v) is 3.80. The second-order valence-electron chi connectivity index (χ2n) is 7.22. The van der Waals surface area contributed by atoms with Gasteiger partial charge in [-0.25, -0.2) is 0 Å². The lowest BCUT2D eigenvalue weighted by atomic mass is 9.99. The molecular weight excluding hydrogens is 356 g/mol. The van der Waals surface area contributed by atoms with E-state index in [1.54, 1.807) is 36.3 Å². The molecule has 1 atom stereocenters. The van der Waals surface area contributed by atoms with E-state index in [1.807, 2.05) is 36.9 Å². The van der Waals surface area contributed by atoms with Crippen LogP contribution in [0.25, 0.3) is 0 Å². The van der Waals surface area contributed by atoms with Gasteiger partial charge in [0, 0.05) is 31.7 Å². The summed E-state index contributed by atoms with van der Waals surface area (Å²) in [6.07, 6.45) is 0. The predicted molar refractivity (Wildman–Crippen MR) is 107 cm³/mol. The minimum absolute atomic E-state index is 0.0585. The summed E-state index contributed by atoms with van der Waals surface area (Å²) in [5.74, 6) is -0.278. The van der Waals surface area contributed by atoms with Crippen LogP contribution in [0.3, 0.4) is 0 Å². The summed E-state index contributed by atoms with van der Waals surface area (Å²) in [6.45, 7) is 5.95. The molecule has 2 aromatic rings. The van der Waals surface area contributed by atoms with E-state index >= 15 is 0 Å². The van der Waals surface area contributed by atoms with Crippen molar-refractivity contribution in [1.82, 2.24) is 9.80 Å². The standard InChI is InChI=1S/C22H26N2O4/c1-15-11-16(2)13-18(12-15)20(22(26)27)23-7-9-24(10-8-23)21(25)17-5-4-6-19(14-17)28-3/h4-6,11-14,20H,7-10H2,1-3H3,(H,26,27)/t20-/m0/s1. The average molecular weight is 382 g/mol. The van der Waals surface area contributed by atoms with E-state index in [4.69, 9.17) is 4.74 Å². The molecule has 2 aromatic carbocycles. The minimum atomic E-state index is -0.863. The number of aryl methyl sites for hydroxylation is 2. The van der Waals surface area contributed by atoms with Crippen molar-refractivity contribution < 1.29 is 19.4 Å². The van der Waals surface area contributed by atoms with Gasteiger partial charge in [0.2, 0.25) is 0 Å². The number of methoxy groups -OCH3 is 1. The number of hydrogen-bond donors (Lipinski definition) is 1. The molecule has 0 bridgehead atoms. The van der Waals surface area contributed by atoms with E-state index in [0.717, 1.165) is 16.7 Å². The smallest absolute Gasteiger partial charge is 0.325 e. The molecule has 0 aromatic heterocycles. The van der Waals surface area contributed by atoms with Crippen LogP contribution in [0.5, 0.6) is 5.75 Å². The highest BCUT2D eigenvalue weighted by Gasteiger charge is 2.32. The van der Waals surface area contributed by atoms with Crippen LogP contribution in [0.15, 0.2) is 42.5 Å². The van der Waals surface area contributed by atoms with Crippen LogP contribution >= 0.6 is 0 Å². The number of carboxylic acid groups (broad SMARTS) is 1. The number of aliphatic carboxylic acids is 1. The Balaban J connectivity index is 1.72. The third-order valence-corrected chi connectivity index (χ3v) is 5.08. The molecule has 148 valence electrons. The Labute approximate surface area is 165 Å². The van der Waals surface area contributed by atoms with Gasteiger partial charge >= 0.3 is 5.97 Å². The van der Waals surface area contributed by atoms with Gasteiger partial charge in [0.05, 0.1) is 7.11 Å². The molecule has 0 spiro atoms. The Morgan fingerprint density at radius 2 is 1.64 bits per heavy atom. The molecule has 6 heteroatoms. The predicted octanol–water partition coefficient (Wildman–Crippen LogP) is 2.90. The van der Waals surface area contributed by atoms with Gasteiger partial charge in [0.25, 0.3) is 5.91 Å². The van der Waals surface area contributed by atoms with Crippen molar-refractivity contribution in [1.29, 1.82) is 0 Å². The highest BCUT2D eigenvalue weighted by atomic mass is 16.5. The molecule has 0 aliphatic carbocycles. The van der Waals surface area contributed by atoms with Crippen molar-refractivity contribution in [2.24, 2.45) is 0 Å². The molecule has 1 aliphatic heterocycles. The van der Waals surface area contributed by atoms with Crippen LogP contribution < -0.4 is 4.74 Å². The quantitative estimate of drug-likeness (QED) is 0.861. The molecule has 3 rings (SSSR count). The van der Waals surface area contributed by atoms with Gasteiger partial charge in [0.15, 0.2) is 0 Å². The Morgan fingerprint density at radius 3 is 2.21 bits per heavy atom. The zero-order valence-electron chi connectivity index (χ0n) is 16.5. The maximum absolute atomic E-state index is 12.8. The van der Waals surface area contributed by atoms with Crippen molar-refractivity contribution in [2.75, 3.05) is 33.3 Å². The molecule has 1 fully saturated rings. The third-order valence-electron chi connectivity index (χ3n) is 5.08. The topological polar surface area (TPSA) is 70.1 Å². The van der Waals surface area contributed by atoms with Gasteiger partial charge in [-0.3, -0.25) is 14.5 Å². The highest BCUT2D eigenvalue weighted by Crippen LogP contribution is 2.25. The normalized spacial score (nSPS) is 15.9. The van der Waals surface area contributed by atoms with Crippen LogP contribution in [-0.2, 0) is 4.79 Å². The van der Waals surface area contributed by atoms with Crippen molar-refractivity contribution in [3.63, 3.8) is 0 Å². The van der Waals surface area contributed by atoms with E-state index < -0.39 is 12.0 Å². The number of carbonyl (C=O) groups excluding carboxylic acids is 1. The zero-order chi connectivity index (χ0) is 20.3.